The second kappa shape index (κ2) is 6.43. The van der Waals surface area contributed by atoms with E-state index in [1.165, 1.54) is 4.88 Å². The smallest absolute Gasteiger partial charge is 0.222 e. The number of rotatable bonds is 2. The molecule has 4 heteroatoms. The number of thiophene rings is 1. The lowest BCUT2D eigenvalue weighted by Gasteiger charge is -2.23. The first-order valence-electron chi connectivity index (χ1n) is 7.06. The van der Waals surface area contributed by atoms with E-state index in [9.17, 15) is 4.79 Å². The predicted molar refractivity (Wildman–Crippen MR) is 83.3 cm³/mol. The molecule has 0 bridgehead atoms. The molecule has 0 spiro atoms. The summed E-state index contributed by atoms with van der Waals surface area (Å²) in [7, 11) is 0. The first-order valence-corrected chi connectivity index (χ1v) is 7.87. The van der Waals surface area contributed by atoms with Crippen LogP contribution < -0.4 is 5.73 Å². The summed E-state index contributed by atoms with van der Waals surface area (Å²) in [5, 5.41) is 0. The average Bonchev–Trinajstić information content (AvgIpc) is 2.81. The molecule has 3 nitrogen and oxygen atoms in total. The van der Waals surface area contributed by atoms with Crippen molar-refractivity contribution >= 4 is 17.2 Å². The monoisotopic (exact) mass is 290 g/mol. The van der Waals surface area contributed by atoms with Crippen LogP contribution in [-0.4, -0.2) is 23.9 Å². The van der Waals surface area contributed by atoms with E-state index < -0.39 is 0 Å². The third kappa shape index (κ3) is 4.09. The molecular weight excluding hydrogens is 268 g/mol. The van der Waals surface area contributed by atoms with Crippen LogP contribution in [0.15, 0.2) is 12.1 Å². The number of likely N-dealkylation sites (tertiary alicyclic amines) is 1. The Kier molecular flexibility index (Phi) is 4.85. The molecular formula is C16H22N2OS. The molecule has 1 amide bonds. The van der Waals surface area contributed by atoms with E-state index in [4.69, 9.17) is 5.73 Å². The molecule has 2 rings (SSSR count). The second-order valence-corrected chi connectivity index (χ2v) is 7.17. The molecule has 1 aromatic heterocycles. The zero-order chi connectivity index (χ0) is 14.6. The van der Waals surface area contributed by atoms with Crippen molar-refractivity contribution in [3.63, 3.8) is 0 Å². The highest BCUT2D eigenvalue weighted by Crippen LogP contribution is 2.31. The quantitative estimate of drug-likeness (QED) is 0.851. The molecule has 0 atom stereocenters. The van der Waals surface area contributed by atoms with Crippen molar-refractivity contribution in [1.82, 2.24) is 4.90 Å². The van der Waals surface area contributed by atoms with Gasteiger partial charge in [0.2, 0.25) is 5.91 Å². The molecule has 2 heterocycles. The van der Waals surface area contributed by atoms with Gasteiger partial charge < -0.3 is 10.6 Å². The molecule has 0 saturated carbocycles. The van der Waals surface area contributed by atoms with Crippen molar-refractivity contribution < 1.29 is 4.79 Å². The van der Waals surface area contributed by atoms with Gasteiger partial charge in [-0.2, -0.15) is 0 Å². The highest BCUT2D eigenvalue weighted by Gasteiger charge is 2.27. The number of carbonyl (C=O) groups excluding carboxylic acids is 1. The molecule has 0 radical (unpaired) electrons. The Balaban J connectivity index is 2.01. The first-order chi connectivity index (χ1) is 9.50. The summed E-state index contributed by atoms with van der Waals surface area (Å²) in [5.41, 5.74) is 5.65. The fourth-order valence-corrected chi connectivity index (χ4v) is 3.21. The van der Waals surface area contributed by atoms with E-state index in [-0.39, 0.29) is 11.3 Å². The number of carbonyl (C=O) groups is 1. The largest absolute Gasteiger partial charge is 0.338 e. The van der Waals surface area contributed by atoms with Crippen molar-refractivity contribution in [3.8, 4) is 11.8 Å². The molecule has 1 fully saturated rings. The van der Waals surface area contributed by atoms with Crippen LogP contribution in [0.3, 0.4) is 0 Å². The van der Waals surface area contributed by atoms with Gasteiger partial charge in [0, 0.05) is 17.8 Å². The molecule has 1 saturated heterocycles. The molecule has 0 aliphatic carbocycles. The van der Waals surface area contributed by atoms with Gasteiger partial charge in [0.15, 0.2) is 0 Å². The van der Waals surface area contributed by atoms with Crippen molar-refractivity contribution in [1.29, 1.82) is 0 Å². The van der Waals surface area contributed by atoms with Crippen molar-refractivity contribution in [2.75, 3.05) is 13.1 Å². The summed E-state index contributed by atoms with van der Waals surface area (Å²) in [4.78, 5) is 16.4. The first kappa shape index (κ1) is 15.1. The van der Waals surface area contributed by atoms with Gasteiger partial charge in [0.05, 0.1) is 18.0 Å². The van der Waals surface area contributed by atoms with Gasteiger partial charge in [-0.25, -0.2) is 0 Å². The lowest BCUT2D eigenvalue weighted by molar-refractivity contribution is -0.131. The molecule has 0 unspecified atom stereocenters. The number of nitrogens with two attached hydrogens (primary N) is 1. The van der Waals surface area contributed by atoms with Crippen LogP contribution in [0.5, 0.6) is 0 Å². The number of nitrogens with zero attached hydrogens (tertiary/aromatic N) is 1. The summed E-state index contributed by atoms with van der Waals surface area (Å²) in [6.07, 6.45) is 2.72. The summed E-state index contributed by atoms with van der Waals surface area (Å²) >= 11 is 1.65. The van der Waals surface area contributed by atoms with E-state index in [0.717, 1.165) is 24.3 Å². The third-order valence-electron chi connectivity index (χ3n) is 3.75. The average molecular weight is 290 g/mol. The van der Waals surface area contributed by atoms with Gasteiger partial charge in [-0.15, -0.1) is 11.3 Å². The molecule has 1 aliphatic heterocycles. The van der Waals surface area contributed by atoms with E-state index >= 15 is 0 Å². The summed E-state index contributed by atoms with van der Waals surface area (Å²) in [6, 6.07) is 4.07. The van der Waals surface area contributed by atoms with E-state index in [1.54, 1.807) is 11.3 Å². The third-order valence-corrected chi connectivity index (χ3v) is 4.73. The van der Waals surface area contributed by atoms with Crippen molar-refractivity contribution in [2.24, 2.45) is 11.1 Å². The molecule has 20 heavy (non-hydrogen) atoms. The Hall–Kier alpha value is -1.31. The van der Waals surface area contributed by atoms with Gasteiger partial charge >= 0.3 is 0 Å². The number of amides is 1. The molecule has 108 valence electrons. The maximum absolute atomic E-state index is 12.2. The summed E-state index contributed by atoms with van der Waals surface area (Å²) < 4.78 is 0. The Morgan fingerprint density at radius 3 is 2.95 bits per heavy atom. The van der Waals surface area contributed by atoms with Crippen LogP contribution in [0.25, 0.3) is 0 Å². The van der Waals surface area contributed by atoms with Crippen LogP contribution in [0, 0.1) is 17.3 Å². The van der Waals surface area contributed by atoms with Crippen LogP contribution in [0.4, 0.5) is 0 Å². The fourth-order valence-electron chi connectivity index (χ4n) is 2.31. The van der Waals surface area contributed by atoms with Gasteiger partial charge in [-0.1, -0.05) is 25.7 Å². The predicted octanol–water partition coefficient (Wildman–Crippen LogP) is 2.60. The van der Waals surface area contributed by atoms with Crippen LogP contribution >= 0.6 is 11.3 Å². The maximum atomic E-state index is 12.2. The van der Waals surface area contributed by atoms with Crippen LogP contribution in [0.1, 0.15) is 42.9 Å². The Bertz CT molecular complexity index is 536. The Morgan fingerprint density at radius 1 is 1.40 bits per heavy atom. The van der Waals surface area contributed by atoms with Gasteiger partial charge in [-0.3, -0.25) is 4.79 Å². The number of hydrogen-bond acceptors (Lipinski definition) is 3. The standard InChI is InChI=1S/C16H22N2OS/c1-16(2)8-7-15(19)18(11-9-16)12-14-6-5-13(20-14)4-3-10-17/h5-6H,7-12,17H2,1-2H3. The molecule has 1 aromatic rings. The minimum Gasteiger partial charge on any atom is -0.338 e. The van der Waals surface area contributed by atoms with Crippen molar-refractivity contribution in [3.05, 3.63) is 21.9 Å². The van der Waals surface area contributed by atoms with E-state index in [0.29, 0.717) is 19.5 Å². The van der Waals surface area contributed by atoms with E-state index in [1.807, 2.05) is 11.0 Å². The Morgan fingerprint density at radius 2 is 2.20 bits per heavy atom. The lowest BCUT2D eigenvalue weighted by atomic mass is 9.85. The highest BCUT2D eigenvalue weighted by atomic mass is 32.1. The van der Waals surface area contributed by atoms with Gasteiger partial charge in [0.1, 0.15) is 0 Å². The zero-order valence-electron chi connectivity index (χ0n) is 12.2. The number of hydrogen-bond donors (Lipinski definition) is 1. The van der Waals surface area contributed by atoms with Gasteiger partial charge in [-0.05, 0) is 30.4 Å². The van der Waals surface area contributed by atoms with Crippen LogP contribution in [0.2, 0.25) is 0 Å². The maximum Gasteiger partial charge on any atom is 0.222 e. The molecule has 2 N–H and O–H groups in total. The normalized spacial score (nSPS) is 18.4. The Labute approximate surface area is 125 Å². The minimum absolute atomic E-state index is 0.275. The highest BCUT2D eigenvalue weighted by molar-refractivity contribution is 7.12. The topological polar surface area (TPSA) is 46.3 Å². The lowest BCUT2D eigenvalue weighted by Crippen LogP contribution is -2.29. The summed E-state index contributed by atoms with van der Waals surface area (Å²) in [5.74, 6) is 6.17. The minimum atomic E-state index is 0.275. The summed E-state index contributed by atoms with van der Waals surface area (Å²) in [6.45, 7) is 6.44. The van der Waals surface area contributed by atoms with E-state index in [2.05, 4.69) is 31.8 Å². The zero-order valence-corrected chi connectivity index (χ0v) is 13.1. The second-order valence-electron chi connectivity index (χ2n) is 6.00. The van der Waals surface area contributed by atoms with Crippen LogP contribution in [-0.2, 0) is 11.3 Å². The molecule has 0 aromatic carbocycles. The SMILES string of the molecule is CC1(C)CCC(=O)N(Cc2ccc(C#CCN)s2)CC1. The van der Waals surface area contributed by atoms with Gasteiger partial charge in [0.25, 0.3) is 0 Å². The molecule has 1 aliphatic rings. The fraction of sp³-hybridized carbons (Fsp3) is 0.562. The van der Waals surface area contributed by atoms with Crippen molar-refractivity contribution in [2.45, 2.75) is 39.7 Å².